The third-order valence-corrected chi connectivity index (χ3v) is 4.44. The molecule has 0 aliphatic heterocycles. The van der Waals surface area contributed by atoms with E-state index in [1.54, 1.807) is 12.4 Å². The number of Topliss-reactive ketones (excluding diaryl/α,β-unsaturated/α-hetero) is 1. The molecule has 16 heavy (non-hydrogen) atoms. The van der Waals surface area contributed by atoms with Crippen LogP contribution >= 0.6 is 0 Å². The summed E-state index contributed by atoms with van der Waals surface area (Å²) < 4.78 is 0. The molecule has 1 aromatic rings. The number of carbonyl (C=O) groups is 1. The van der Waals surface area contributed by atoms with Gasteiger partial charge in [0.1, 0.15) is 5.78 Å². The van der Waals surface area contributed by atoms with Crippen LogP contribution in [-0.2, 0) is 11.2 Å². The lowest BCUT2D eigenvalue weighted by Crippen LogP contribution is -2.10. The summed E-state index contributed by atoms with van der Waals surface area (Å²) in [6, 6.07) is 3.85. The number of hydrogen-bond acceptors (Lipinski definition) is 2. The highest BCUT2D eigenvalue weighted by Crippen LogP contribution is 2.68. The quantitative estimate of drug-likeness (QED) is 0.779. The fourth-order valence-corrected chi connectivity index (χ4v) is 2.81. The summed E-state index contributed by atoms with van der Waals surface area (Å²) in [6.45, 7) is 8.72. The molecule has 0 radical (unpaired) electrons. The average molecular weight is 217 g/mol. The van der Waals surface area contributed by atoms with Crippen LogP contribution in [0.15, 0.2) is 24.5 Å². The first kappa shape index (κ1) is 11.3. The zero-order valence-electron chi connectivity index (χ0n) is 10.4. The molecule has 0 N–H and O–H groups in total. The van der Waals surface area contributed by atoms with Crippen LogP contribution in [-0.4, -0.2) is 10.8 Å². The highest BCUT2D eigenvalue weighted by atomic mass is 16.1. The van der Waals surface area contributed by atoms with Crippen LogP contribution < -0.4 is 0 Å². The molecule has 1 saturated carbocycles. The van der Waals surface area contributed by atoms with Crippen molar-refractivity contribution in [3.8, 4) is 0 Å². The molecule has 2 nitrogen and oxygen atoms in total. The minimum Gasteiger partial charge on any atom is -0.299 e. The lowest BCUT2D eigenvalue weighted by Gasteiger charge is -2.03. The van der Waals surface area contributed by atoms with Crippen molar-refractivity contribution < 1.29 is 4.79 Å². The van der Waals surface area contributed by atoms with Crippen LogP contribution in [0.3, 0.4) is 0 Å². The fourth-order valence-electron chi connectivity index (χ4n) is 2.81. The topological polar surface area (TPSA) is 30.0 Å². The summed E-state index contributed by atoms with van der Waals surface area (Å²) in [6.07, 6.45) is 4.03. The van der Waals surface area contributed by atoms with Gasteiger partial charge in [-0.3, -0.25) is 9.78 Å². The van der Waals surface area contributed by atoms with Gasteiger partial charge in [-0.25, -0.2) is 0 Å². The molecule has 0 bridgehead atoms. The summed E-state index contributed by atoms with van der Waals surface area (Å²) in [5.41, 5.74) is 1.31. The van der Waals surface area contributed by atoms with Crippen LogP contribution in [0.4, 0.5) is 0 Å². The summed E-state index contributed by atoms with van der Waals surface area (Å²) in [4.78, 5) is 16.2. The maximum Gasteiger partial charge on any atom is 0.141 e. The van der Waals surface area contributed by atoms with E-state index in [0.717, 1.165) is 5.56 Å². The molecular weight excluding hydrogens is 198 g/mol. The van der Waals surface area contributed by atoms with E-state index in [9.17, 15) is 4.79 Å². The third kappa shape index (κ3) is 1.57. The number of pyridine rings is 1. The number of aromatic nitrogens is 1. The number of carbonyl (C=O) groups excluding carboxylic acids is 1. The maximum atomic E-state index is 12.2. The van der Waals surface area contributed by atoms with Crippen LogP contribution in [0, 0.1) is 16.7 Å². The Morgan fingerprint density at radius 1 is 1.31 bits per heavy atom. The fraction of sp³-hybridized carbons (Fsp3) is 0.571. The molecule has 2 rings (SSSR count). The van der Waals surface area contributed by atoms with Crippen LogP contribution in [0.1, 0.15) is 33.3 Å². The normalized spacial score (nSPS) is 21.8. The molecule has 0 amide bonds. The van der Waals surface area contributed by atoms with E-state index in [1.807, 2.05) is 12.1 Å². The molecule has 1 aliphatic rings. The van der Waals surface area contributed by atoms with E-state index < -0.39 is 0 Å². The van der Waals surface area contributed by atoms with Crippen molar-refractivity contribution in [2.75, 3.05) is 0 Å². The van der Waals surface area contributed by atoms with Crippen molar-refractivity contribution in [3.63, 3.8) is 0 Å². The van der Waals surface area contributed by atoms with Crippen LogP contribution in [0.5, 0.6) is 0 Å². The van der Waals surface area contributed by atoms with Crippen molar-refractivity contribution in [2.45, 2.75) is 34.1 Å². The minimum atomic E-state index is 0.145. The molecular formula is C14H19NO. The second kappa shape index (κ2) is 3.41. The predicted octanol–water partition coefficient (Wildman–Crippen LogP) is 2.88. The van der Waals surface area contributed by atoms with Crippen molar-refractivity contribution >= 4 is 5.78 Å². The van der Waals surface area contributed by atoms with Gasteiger partial charge in [0.2, 0.25) is 0 Å². The zero-order valence-corrected chi connectivity index (χ0v) is 10.4. The van der Waals surface area contributed by atoms with Gasteiger partial charge in [-0.1, -0.05) is 33.8 Å². The van der Waals surface area contributed by atoms with Crippen molar-refractivity contribution in [3.05, 3.63) is 30.1 Å². The van der Waals surface area contributed by atoms with E-state index in [-0.39, 0.29) is 16.7 Å². The van der Waals surface area contributed by atoms with E-state index in [0.29, 0.717) is 12.2 Å². The van der Waals surface area contributed by atoms with E-state index >= 15 is 0 Å². The molecule has 0 aromatic carbocycles. The molecule has 0 unspecified atom stereocenters. The monoisotopic (exact) mass is 217 g/mol. The average Bonchev–Trinajstić information content (AvgIpc) is 2.58. The molecule has 0 saturated heterocycles. The van der Waals surface area contributed by atoms with Gasteiger partial charge in [0.25, 0.3) is 0 Å². The van der Waals surface area contributed by atoms with Crippen molar-refractivity contribution in [1.29, 1.82) is 0 Å². The zero-order chi connectivity index (χ0) is 12.0. The Bertz CT molecular complexity index is 392. The maximum absolute atomic E-state index is 12.2. The second-order valence-corrected chi connectivity index (χ2v) is 5.88. The summed E-state index contributed by atoms with van der Waals surface area (Å²) in [7, 11) is 0. The molecule has 1 aromatic heterocycles. The molecule has 2 heteroatoms. The van der Waals surface area contributed by atoms with Gasteiger partial charge >= 0.3 is 0 Å². The van der Waals surface area contributed by atoms with Gasteiger partial charge in [-0.15, -0.1) is 0 Å². The number of ketones is 1. The van der Waals surface area contributed by atoms with Gasteiger partial charge < -0.3 is 0 Å². The largest absolute Gasteiger partial charge is 0.299 e. The Hall–Kier alpha value is -1.18. The Morgan fingerprint density at radius 2 is 1.94 bits per heavy atom. The SMILES string of the molecule is CC1(C)C(C(=O)Cc2cccnc2)C1(C)C. The van der Waals surface area contributed by atoms with Crippen molar-refractivity contribution in [1.82, 2.24) is 4.98 Å². The van der Waals surface area contributed by atoms with Gasteiger partial charge in [-0.2, -0.15) is 0 Å². The molecule has 1 heterocycles. The van der Waals surface area contributed by atoms with Crippen molar-refractivity contribution in [2.24, 2.45) is 16.7 Å². The lowest BCUT2D eigenvalue weighted by molar-refractivity contribution is -0.120. The highest BCUT2D eigenvalue weighted by molar-refractivity contribution is 5.88. The van der Waals surface area contributed by atoms with Crippen LogP contribution in [0.25, 0.3) is 0 Å². The van der Waals surface area contributed by atoms with Crippen LogP contribution in [0.2, 0.25) is 0 Å². The molecule has 1 fully saturated rings. The van der Waals surface area contributed by atoms with Gasteiger partial charge in [0.15, 0.2) is 0 Å². The smallest absolute Gasteiger partial charge is 0.141 e. The Morgan fingerprint density at radius 3 is 2.38 bits per heavy atom. The van der Waals surface area contributed by atoms with Gasteiger partial charge in [-0.05, 0) is 22.5 Å². The first-order valence-electron chi connectivity index (χ1n) is 5.79. The summed E-state index contributed by atoms with van der Waals surface area (Å²) in [5, 5.41) is 0. The van der Waals surface area contributed by atoms with E-state index in [4.69, 9.17) is 0 Å². The first-order chi connectivity index (χ1) is 7.37. The predicted molar refractivity (Wildman–Crippen MR) is 64.0 cm³/mol. The number of hydrogen-bond donors (Lipinski definition) is 0. The van der Waals surface area contributed by atoms with Gasteiger partial charge in [0, 0.05) is 24.7 Å². The highest BCUT2D eigenvalue weighted by Gasteiger charge is 2.67. The second-order valence-electron chi connectivity index (χ2n) is 5.88. The standard InChI is InChI=1S/C14H19NO/c1-13(2)12(14(13,3)4)11(16)8-10-6-5-7-15-9-10/h5-7,9,12H,8H2,1-4H3. The summed E-state index contributed by atoms with van der Waals surface area (Å²) >= 11 is 0. The number of nitrogens with zero attached hydrogens (tertiary/aromatic N) is 1. The Kier molecular flexibility index (Phi) is 2.41. The Labute approximate surface area is 97.1 Å². The van der Waals surface area contributed by atoms with Gasteiger partial charge in [0.05, 0.1) is 0 Å². The number of rotatable bonds is 3. The van der Waals surface area contributed by atoms with E-state index in [1.165, 1.54) is 0 Å². The molecule has 1 aliphatic carbocycles. The summed E-state index contributed by atoms with van der Waals surface area (Å²) in [5.74, 6) is 0.545. The molecule has 0 atom stereocenters. The van der Waals surface area contributed by atoms with E-state index in [2.05, 4.69) is 32.7 Å². The third-order valence-electron chi connectivity index (χ3n) is 4.44. The first-order valence-corrected chi connectivity index (χ1v) is 5.79. The Balaban J connectivity index is 2.07. The molecule has 86 valence electrons. The lowest BCUT2D eigenvalue weighted by atomic mass is 10.0. The minimum absolute atomic E-state index is 0.145. The molecule has 0 spiro atoms.